The quantitative estimate of drug-likeness (QED) is 0.802. The normalized spacial score (nSPS) is 24.2. The summed E-state index contributed by atoms with van der Waals surface area (Å²) in [6.07, 6.45) is 1.31. The molecule has 2 fully saturated rings. The highest BCUT2D eigenvalue weighted by Crippen LogP contribution is 2.26. The number of carbonyl (C=O) groups is 1. The molecule has 0 aliphatic carbocycles. The third-order valence-corrected chi connectivity index (χ3v) is 5.13. The van der Waals surface area contributed by atoms with Crippen molar-refractivity contribution in [1.82, 2.24) is 15.5 Å². The summed E-state index contributed by atoms with van der Waals surface area (Å²) in [6, 6.07) is 10.0. The van der Waals surface area contributed by atoms with Gasteiger partial charge in [-0.1, -0.05) is 30.3 Å². The van der Waals surface area contributed by atoms with E-state index in [9.17, 15) is 13.6 Å². The molecular formula is C18H27Cl2F2N3O. The number of amides is 1. The zero-order chi connectivity index (χ0) is 17.2. The first-order valence-electron chi connectivity index (χ1n) is 8.65. The molecule has 2 unspecified atom stereocenters. The van der Waals surface area contributed by atoms with Gasteiger partial charge in [0.1, 0.15) is 0 Å². The monoisotopic (exact) mass is 409 g/mol. The summed E-state index contributed by atoms with van der Waals surface area (Å²) in [4.78, 5) is 14.5. The highest BCUT2D eigenvalue weighted by Gasteiger charge is 2.42. The van der Waals surface area contributed by atoms with E-state index in [1.165, 1.54) is 5.56 Å². The maximum absolute atomic E-state index is 13.2. The third-order valence-electron chi connectivity index (χ3n) is 5.13. The lowest BCUT2D eigenvalue weighted by Gasteiger charge is -2.36. The molecule has 26 heavy (non-hydrogen) atoms. The van der Waals surface area contributed by atoms with Gasteiger partial charge in [0.05, 0.1) is 12.6 Å². The van der Waals surface area contributed by atoms with Crippen LogP contribution in [0.3, 0.4) is 0 Å². The van der Waals surface area contributed by atoms with Gasteiger partial charge >= 0.3 is 0 Å². The van der Waals surface area contributed by atoms with Crippen LogP contribution in [0.25, 0.3) is 0 Å². The molecule has 0 aromatic heterocycles. The minimum atomic E-state index is -2.77. The Morgan fingerprint density at radius 3 is 2.38 bits per heavy atom. The lowest BCUT2D eigenvalue weighted by Crippen LogP contribution is -2.49. The highest BCUT2D eigenvalue weighted by atomic mass is 35.5. The molecule has 2 atom stereocenters. The third kappa shape index (κ3) is 5.78. The predicted octanol–water partition coefficient (Wildman–Crippen LogP) is 3.17. The smallest absolute Gasteiger partial charge is 0.262 e. The fourth-order valence-corrected chi connectivity index (χ4v) is 3.58. The van der Waals surface area contributed by atoms with E-state index < -0.39 is 24.9 Å². The van der Waals surface area contributed by atoms with Gasteiger partial charge in [0.2, 0.25) is 5.91 Å². The average molecular weight is 410 g/mol. The Balaban J connectivity index is 0.00000169. The SMILES string of the molecule is CC(c1ccccc1)N1CCC(NC(=O)C2CC(F)(F)CN2)CC1.Cl.Cl. The average Bonchev–Trinajstić information content (AvgIpc) is 2.96. The number of piperidine rings is 1. The van der Waals surface area contributed by atoms with Gasteiger partial charge in [-0.05, 0) is 25.3 Å². The van der Waals surface area contributed by atoms with Crippen molar-refractivity contribution in [2.45, 2.75) is 50.2 Å². The number of hydrogen-bond acceptors (Lipinski definition) is 3. The van der Waals surface area contributed by atoms with Crippen LogP contribution in [0.15, 0.2) is 30.3 Å². The molecule has 0 radical (unpaired) electrons. The van der Waals surface area contributed by atoms with Gasteiger partial charge in [0.25, 0.3) is 5.92 Å². The molecule has 2 saturated heterocycles. The van der Waals surface area contributed by atoms with Crippen LogP contribution in [0.5, 0.6) is 0 Å². The standard InChI is InChI=1S/C18H25F2N3O.2ClH/c1-13(14-5-3-2-4-6-14)23-9-7-15(8-10-23)22-17(24)16-11-18(19,20)12-21-16;;/h2-6,13,15-16,21H,7-12H2,1H3,(H,22,24);2*1H. The topological polar surface area (TPSA) is 44.4 Å². The summed E-state index contributed by atoms with van der Waals surface area (Å²) in [5.41, 5.74) is 1.29. The van der Waals surface area contributed by atoms with Gasteiger partial charge in [-0.15, -0.1) is 24.8 Å². The molecule has 148 valence electrons. The minimum Gasteiger partial charge on any atom is -0.352 e. The first kappa shape index (κ1) is 23.1. The Morgan fingerprint density at radius 2 is 1.85 bits per heavy atom. The van der Waals surface area contributed by atoms with Crippen LogP contribution in [0.1, 0.15) is 37.8 Å². The van der Waals surface area contributed by atoms with E-state index in [0.717, 1.165) is 25.9 Å². The van der Waals surface area contributed by atoms with Gasteiger partial charge in [0, 0.05) is 31.6 Å². The van der Waals surface area contributed by atoms with Crippen molar-refractivity contribution in [3.8, 4) is 0 Å². The number of benzene rings is 1. The maximum atomic E-state index is 13.2. The number of nitrogens with zero attached hydrogens (tertiary/aromatic N) is 1. The number of alkyl halides is 2. The lowest BCUT2D eigenvalue weighted by atomic mass is 10.00. The molecule has 2 aliphatic heterocycles. The second-order valence-corrected chi connectivity index (χ2v) is 6.90. The Hall–Kier alpha value is -0.950. The second kappa shape index (κ2) is 9.83. The number of carbonyl (C=O) groups excluding carboxylic acids is 1. The summed E-state index contributed by atoms with van der Waals surface area (Å²) in [7, 11) is 0. The molecule has 4 nitrogen and oxygen atoms in total. The first-order valence-corrected chi connectivity index (χ1v) is 8.65. The number of nitrogens with one attached hydrogen (secondary N) is 2. The molecule has 0 bridgehead atoms. The minimum absolute atomic E-state index is 0. The van der Waals surface area contributed by atoms with Crippen molar-refractivity contribution in [3.05, 3.63) is 35.9 Å². The molecule has 8 heteroatoms. The van der Waals surface area contributed by atoms with Gasteiger partial charge < -0.3 is 5.32 Å². The van der Waals surface area contributed by atoms with E-state index in [1.807, 2.05) is 18.2 Å². The number of likely N-dealkylation sites (tertiary alicyclic amines) is 1. The molecular weight excluding hydrogens is 383 g/mol. The van der Waals surface area contributed by atoms with Crippen molar-refractivity contribution in [3.63, 3.8) is 0 Å². The Morgan fingerprint density at radius 1 is 1.23 bits per heavy atom. The molecule has 1 amide bonds. The van der Waals surface area contributed by atoms with Crippen molar-refractivity contribution in [1.29, 1.82) is 0 Å². The van der Waals surface area contributed by atoms with Gasteiger partial charge in [0.15, 0.2) is 0 Å². The van der Waals surface area contributed by atoms with Crippen LogP contribution in [-0.4, -0.2) is 48.4 Å². The van der Waals surface area contributed by atoms with Gasteiger partial charge in [-0.2, -0.15) is 0 Å². The molecule has 1 aromatic rings. The van der Waals surface area contributed by atoms with E-state index in [2.05, 4.69) is 34.6 Å². The van der Waals surface area contributed by atoms with Crippen LogP contribution in [0.2, 0.25) is 0 Å². The summed E-state index contributed by atoms with van der Waals surface area (Å²) in [6.45, 7) is 3.58. The summed E-state index contributed by atoms with van der Waals surface area (Å²) < 4.78 is 26.4. The number of hydrogen-bond donors (Lipinski definition) is 2. The Bertz CT molecular complexity index is 569. The molecule has 2 aliphatic rings. The van der Waals surface area contributed by atoms with Crippen LogP contribution in [0, 0.1) is 0 Å². The number of rotatable bonds is 4. The van der Waals surface area contributed by atoms with E-state index in [-0.39, 0.29) is 36.8 Å². The van der Waals surface area contributed by atoms with Crippen molar-refractivity contribution >= 4 is 30.7 Å². The fourth-order valence-electron chi connectivity index (χ4n) is 3.58. The molecule has 0 saturated carbocycles. The maximum Gasteiger partial charge on any atom is 0.262 e. The van der Waals surface area contributed by atoms with Gasteiger partial charge in [-0.25, -0.2) is 8.78 Å². The van der Waals surface area contributed by atoms with Crippen molar-refractivity contribution in [2.24, 2.45) is 0 Å². The molecule has 2 heterocycles. The zero-order valence-electron chi connectivity index (χ0n) is 14.8. The predicted molar refractivity (Wildman–Crippen MR) is 103 cm³/mol. The second-order valence-electron chi connectivity index (χ2n) is 6.90. The van der Waals surface area contributed by atoms with E-state index in [4.69, 9.17) is 0 Å². The summed E-state index contributed by atoms with van der Waals surface area (Å²) in [5.74, 6) is -3.06. The Kier molecular flexibility index (Phi) is 8.73. The fraction of sp³-hybridized carbons (Fsp3) is 0.611. The summed E-state index contributed by atoms with van der Waals surface area (Å²) >= 11 is 0. The largest absolute Gasteiger partial charge is 0.352 e. The highest BCUT2D eigenvalue weighted by molar-refractivity contribution is 5.85. The van der Waals surface area contributed by atoms with Crippen LogP contribution >= 0.6 is 24.8 Å². The molecule has 3 rings (SSSR count). The molecule has 1 aromatic carbocycles. The lowest BCUT2D eigenvalue weighted by molar-refractivity contribution is -0.124. The Labute approximate surface area is 165 Å². The first-order chi connectivity index (χ1) is 11.4. The number of halogens is 4. The van der Waals surface area contributed by atoms with Crippen molar-refractivity contribution in [2.75, 3.05) is 19.6 Å². The van der Waals surface area contributed by atoms with Crippen LogP contribution in [0.4, 0.5) is 8.78 Å². The van der Waals surface area contributed by atoms with Crippen LogP contribution in [-0.2, 0) is 4.79 Å². The van der Waals surface area contributed by atoms with E-state index >= 15 is 0 Å². The summed E-state index contributed by atoms with van der Waals surface area (Å²) in [5, 5.41) is 5.55. The van der Waals surface area contributed by atoms with E-state index in [1.54, 1.807) is 0 Å². The van der Waals surface area contributed by atoms with E-state index in [0.29, 0.717) is 6.04 Å². The van der Waals surface area contributed by atoms with Crippen molar-refractivity contribution < 1.29 is 13.6 Å². The van der Waals surface area contributed by atoms with Gasteiger partial charge in [-0.3, -0.25) is 15.0 Å². The molecule has 2 N–H and O–H groups in total. The van der Waals surface area contributed by atoms with Crippen LogP contribution < -0.4 is 10.6 Å². The zero-order valence-corrected chi connectivity index (χ0v) is 16.4. The molecule has 0 spiro atoms.